The van der Waals surface area contributed by atoms with Crippen LogP contribution < -0.4 is 0 Å². The fraction of sp³-hybridized carbons (Fsp3) is 0.750. The number of rotatable bonds is 5. The first-order chi connectivity index (χ1) is 7.15. The third kappa shape index (κ3) is 3.67. The second-order valence-electron chi connectivity index (χ2n) is 4.28. The lowest BCUT2D eigenvalue weighted by Crippen LogP contribution is -2.20. The van der Waals surface area contributed by atoms with E-state index in [4.69, 9.17) is 5.11 Å². The van der Waals surface area contributed by atoms with E-state index < -0.39 is 5.97 Å². The van der Waals surface area contributed by atoms with Crippen LogP contribution in [0, 0.1) is 11.8 Å². The van der Waals surface area contributed by atoms with Gasteiger partial charge in [-0.3, -0.25) is 4.79 Å². The van der Waals surface area contributed by atoms with Gasteiger partial charge in [0.05, 0.1) is 6.10 Å². The average Bonchev–Trinajstić information content (AvgIpc) is 2.49. The first-order valence-electron chi connectivity index (χ1n) is 5.70. The number of aliphatic hydroxyl groups is 1. The van der Waals surface area contributed by atoms with Crippen LogP contribution in [0.25, 0.3) is 0 Å². The molecule has 0 heterocycles. The van der Waals surface area contributed by atoms with Crippen LogP contribution in [0.1, 0.15) is 39.0 Å². The van der Waals surface area contributed by atoms with Gasteiger partial charge in [-0.2, -0.15) is 0 Å². The highest BCUT2D eigenvalue weighted by atomic mass is 16.4. The minimum Gasteiger partial charge on any atom is -0.481 e. The van der Waals surface area contributed by atoms with Gasteiger partial charge in [0.1, 0.15) is 0 Å². The number of allylic oxidation sites excluding steroid dienone is 2. The molecule has 0 spiro atoms. The van der Waals surface area contributed by atoms with E-state index in [-0.39, 0.29) is 24.4 Å². The van der Waals surface area contributed by atoms with E-state index in [1.807, 2.05) is 0 Å². The van der Waals surface area contributed by atoms with Crippen molar-refractivity contribution >= 4 is 5.97 Å². The van der Waals surface area contributed by atoms with Crippen molar-refractivity contribution in [1.29, 1.82) is 0 Å². The Morgan fingerprint density at radius 3 is 2.73 bits per heavy atom. The fourth-order valence-corrected chi connectivity index (χ4v) is 2.37. The number of carboxylic acids is 1. The van der Waals surface area contributed by atoms with Crippen LogP contribution in [-0.4, -0.2) is 22.3 Å². The lowest BCUT2D eigenvalue weighted by Gasteiger charge is -2.18. The monoisotopic (exact) mass is 212 g/mol. The number of hydrogen-bond donors (Lipinski definition) is 2. The van der Waals surface area contributed by atoms with Crippen LogP contribution in [0.4, 0.5) is 0 Å². The first kappa shape index (κ1) is 12.2. The van der Waals surface area contributed by atoms with Gasteiger partial charge in [0.2, 0.25) is 0 Å². The molecule has 0 aliphatic heterocycles. The molecule has 1 fully saturated rings. The molecule has 1 aliphatic rings. The number of aliphatic carboxylic acids is 1. The molecule has 3 atom stereocenters. The molecule has 3 heteroatoms. The zero-order valence-electron chi connectivity index (χ0n) is 9.22. The van der Waals surface area contributed by atoms with Crippen LogP contribution >= 0.6 is 0 Å². The Kier molecular flexibility index (Phi) is 4.82. The predicted octanol–water partition coefficient (Wildman–Crippen LogP) is 2.20. The molecule has 0 bridgehead atoms. The molecule has 3 nitrogen and oxygen atoms in total. The Labute approximate surface area is 90.8 Å². The summed E-state index contributed by atoms with van der Waals surface area (Å²) in [6.07, 6.45) is 7.43. The smallest absolute Gasteiger partial charge is 0.303 e. The van der Waals surface area contributed by atoms with Crippen molar-refractivity contribution in [3.63, 3.8) is 0 Å². The predicted molar refractivity (Wildman–Crippen MR) is 58.5 cm³/mol. The van der Waals surface area contributed by atoms with E-state index in [9.17, 15) is 9.90 Å². The Morgan fingerprint density at radius 2 is 2.13 bits per heavy atom. The van der Waals surface area contributed by atoms with Gasteiger partial charge in [-0.1, -0.05) is 19.1 Å². The summed E-state index contributed by atoms with van der Waals surface area (Å²) in [6.45, 7) is 2.07. The summed E-state index contributed by atoms with van der Waals surface area (Å²) in [5.74, 6) is -0.457. The van der Waals surface area contributed by atoms with E-state index in [0.717, 1.165) is 25.7 Å². The van der Waals surface area contributed by atoms with Crippen molar-refractivity contribution < 1.29 is 15.0 Å². The zero-order valence-corrected chi connectivity index (χ0v) is 9.22. The first-order valence-corrected chi connectivity index (χ1v) is 5.70. The van der Waals surface area contributed by atoms with Crippen molar-refractivity contribution in [2.75, 3.05) is 0 Å². The molecule has 1 aliphatic carbocycles. The number of aliphatic hydroxyl groups excluding tert-OH is 1. The summed E-state index contributed by atoms with van der Waals surface area (Å²) in [7, 11) is 0. The van der Waals surface area contributed by atoms with Gasteiger partial charge in [0.25, 0.3) is 0 Å². The lowest BCUT2D eigenvalue weighted by atomic mass is 9.89. The minimum atomic E-state index is -0.751. The van der Waals surface area contributed by atoms with Crippen molar-refractivity contribution in [3.8, 4) is 0 Å². The fourth-order valence-electron chi connectivity index (χ4n) is 2.37. The van der Waals surface area contributed by atoms with Gasteiger partial charge in [-0.15, -0.1) is 0 Å². The molecule has 3 unspecified atom stereocenters. The van der Waals surface area contributed by atoms with Crippen molar-refractivity contribution in [2.45, 2.75) is 45.1 Å². The number of carboxylic acid groups (broad SMARTS) is 1. The quantitative estimate of drug-likeness (QED) is 0.687. The Bertz CT molecular complexity index is 235. The van der Waals surface area contributed by atoms with E-state index in [1.165, 1.54) is 0 Å². The molecule has 0 saturated heterocycles. The maximum absolute atomic E-state index is 10.6. The van der Waals surface area contributed by atoms with Crippen LogP contribution in [-0.2, 0) is 4.79 Å². The highest BCUT2D eigenvalue weighted by Gasteiger charge is 2.34. The SMILES string of the molecule is CC/C=C\CC1C(O)CCC1CC(=O)O. The van der Waals surface area contributed by atoms with Crippen LogP contribution in [0.15, 0.2) is 12.2 Å². The van der Waals surface area contributed by atoms with E-state index in [1.54, 1.807) is 0 Å². The molecule has 1 saturated carbocycles. The Morgan fingerprint density at radius 1 is 1.40 bits per heavy atom. The maximum Gasteiger partial charge on any atom is 0.303 e. The van der Waals surface area contributed by atoms with Gasteiger partial charge < -0.3 is 10.2 Å². The largest absolute Gasteiger partial charge is 0.481 e. The molecular formula is C12H20O3. The second kappa shape index (κ2) is 5.91. The molecular weight excluding hydrogens is 192 g/mol. The molecule has 0 aromatic heterocycles. The summed E-state index contributed by atoms with van der Waals surface area (Å²) >= 11 is 0. The average molecular weight is 212 g/mol. The summed E-state index contributed by atoms with van der Waals surface area (Å²) in [5, 5.41) is 18.5. The van der Waals surface area contributed by atoms with Crippen LogP contribution in [0.5, 0.6) is 0 Å². The highest BCUT2D eigenvalue weighted by molar-refractivity contribution is 5.67. The van der Waals surface area contributed by atoms with Crippen molar-refractivity contribution in [2.24, 2.45) is 11.8 Å². The van der Waals surface area contributed by atoms with Crippen molar-refractivity contribution in [1.82, 2.24) is 0 Å². The van der Waals surface area contributed by atoms with E-state index in [2.05, 4.69) is 19.1 Å². The molecule has 2 N–H and O–H groups in total. The lowest BCUT2D eigenvalue weighted by molar-refractivity contribution is -0.138. The molecule has 0 aromatic rings. The maximum atomic E-state index is 10.6. The van der Waals surface area contributed by atoms with Gasteiger partial charge in [0, 0.05) is 6.42 Å². The Hall–Kier alpha value is -0.830. The minimum absolute atomic E-state index is 0.142. The number of carbonyl (C=O) groups is 1. The van der Waals surface area contributed by atoms with Gasteiger partial charge >= 0.3 is 5.97 Å². The molecule has 15 heavy (non-hydrogen) atoms. The zero-order chi connectivity index (χ0) is 11.3. The van der Waals surface area contributed by atoms with Gasteiger partial charge in [-0.05, 0) is 37.5 Å². The summed E-state index contributed by atoms with van der Waals surface area (Å²) in [6, 6.07) is 0. The third-order valence-electron chi connectivity index (χ3n) is 3.18. The molecule has 1 rings (SSSR count). The third-order valence-corrected chi connectivity index (χ3v) is 3.18. The van der Waals surface area contributed by atoms with Gasteiger partial charge in [-0.25, -0.2) is 0 Å². The number of hydrogen-bond acceptors (Lipinski definition) is 2. The summed E-state index contributed by atoms with van der Waals surface area (Å²) in [4.78, 5) is 10.6. The standard InChI is InChI=1S/C12H20O3/c1-2-3-4-5-10-9(8-12(14)15)6-7-11(10)13/h3-4,9-11,13H,2,5-8H2,1H3,(H,14,15)/b4-3-. The van der Waals surface area contributed by atoms with Gasteiger partial charge in [0.15, 0.2) is 0 Å². The molecule has 0 radical (unpaired) electrons. The van der Waals surface area contributed by atoms with Crippen LogP contribution in [0.2, 0.25) is 0 Å². The highest BCUT2D eigenvalue weighted by Crippen LogP contribution is 2.36. The van der Waals surface area contributed by atoms with Crippen molar-refractivity contribution in [3.05, 3.63) is 12.2 Å². The molecule has 0 amide bonds. The molecule has 0 aromatic carbocycles. The van der Waals surface area contributed by atoms with Crippen LogP contribution in [0.3, 0.4) is 0 Å². The molecule has 86 valence electrons. The summed E-state index contributed by atoms with van der Waals surface area (Å²) in [5.41, 5.74) is 0. The normalized spacial score (nSPS) is 31.2. The topological polar surface area (TPSA) is 57.5 Å². The van der Waals surface area contributed by atoms with E-state index >= 15 is 0 Å². The summed E-state index contributed by atoms with van der Waals surface area (Å²) < 4.78 is 0. The Balaban J connectivity index is 2.48. The second-order valence-corrected chi connectivity index (χ2v) is 4.28. The van der Waals surface area contributed by atoms with E-state index in [0.29, 0.717) is 0 Å².